The molecular formula is C24H23FN6O4S. The molecule has 0 aliphatic heterocycles. The number of carbonyl (C=O) groups is 2. The monoisotopic (exact) mass is 510 g/mol. The van der Waals surface area contributed by atoms with Crippen LogP contribution in [0.25, 0.3) is 10.4 Å². The first kappa shape index (κ1) is 24.9. The SMILES string of the molecule is COC(=O)c1cn(Cc2cccc(Nc3sc(-c4ccc(C(C)(C)O)cc4F)cc3C(N)=O)n2)nn1. The maximum absolute atomic E-state index is 14.9. The zero-order valence-corrected chi connectivity index (χ0v) is 20.5. The molecule has 10 nitrogen and oxygen atoms in total. The number of esters is 1. The predicted molar refractivity (Wildman–Crippen MR) is 131 cm³/mol. The molecule has 1 aromatic carbocycles. The minimum atomic E-state index is -1.19. The minimum absolute atomic E-state index is 0.0758. The summed E-state index contributed by atoms with van der Waals surface area (Å²) in [6.45, 7) is 3.38. The average molecular weight is 511 g/mol. The molecular weight excluding hydrogens is 487 g/mol. The van der Waals surface area contributed by atoms with Crippen LogP contribution in [0.2, 0.25) is 0 Å². The molecule has 0 bridgehead atoms. The van der Waals surface area contributed by atoms with Crippen LogP contribution in [-0.2, 0) is 16.9 Å². The van der Waals surface area contributed by atoms with E-state index in [4.69, 9.17) is 5.73 Å². The smallest absolute Gasteiger partial charge is 0.360 e. The number of pyridine rings is 1. The zero-order chi connectivity index (χ0) is 26.0. The summed E-state index contributed by atoms with van der Waals surface area (Å²) >= 11 is 1.15. The number of halogens is 1. The Morgan fingerprint density at radius 2 is 2.03 bits per heavy atom. The first-order valence-electron chi connectivity index (χ1n) is 10.7. The van der Waals surface area contributed by atoms with E-state index in [-0.39, 0.29) is 23.4 Å². The van der Waals surface area contributed by atoms with E-state index in [1.54, 1.807) is 44.2 Å². The van der Waals surface area contributed by atoms with Gasteiger partial charge in [-0.2, -0.15) is 0 Å². The number of nitrogens with zero attached hydrogens (tertiary/aromatic N) is 4. The van der Waals surface area contributed by atoms with E-state index in [1.165, 1.54) is 30.1 Å². The number of benzene rings is 1. The Morgan fingerprint density at radius 1 is 1.25 bits per heavy atom. The number of thiophene rings is 1. The number of methoxy groups -OCH3 is 1. The minimum Gasteiger partial charge on any atom is -0.464 e. The summed E-state index contributed by atoms with van der Waals surface area (Å²) in [5, 5.41) is 21.3. The lowest BCUT2D eigenvalue weighted by molar-refractivity contribution is 0.0593. The average Bonchev–Trinajstić information content (AvgIpc) is 3.45. The fourth-order valence-corrected chi connectivity index (χ4v) is 4.49. The second-order valence-electron chi connectivity index (χ2n) is 8.40. The van der Waals surface area contributed by atoms with E-state index in [0.29, 0.717) is 27.0 Å². The molecule has 0 unspecified atom stereocenters. The number of nitrogens with one attached hydrogen (secondary N) is 1. The predicted octanol–water partition coefficient (Wildman–Crippen LogP) is 3.45. The van der Waals surface area contributed by atoms with Crippen LogP contribution in [0.4, 0.5) is 15.2 Å². The molecule has 3 heterocycles. The van der Waals surface area contributed by atoms with Crippen molar-refractivity contribution >= 4 is 34.0 Å². The van der Waals surface area contributed by atoms with Crippen LogP contribution in [0.15, 0.2) is 48.7 Å². The molecule has 0 aliphatic carbocycles. The molecule has 0 saturated carbocycles. The summed E-state index contributed by atoms with van der Waals surface area (Å²) in [6, 6.07) is 11.2. The number of aromatic nitrogens is 4. The van der Waals surface area contributed by atoms with Gasteiger partial charge in [-0.05, 0) is 43.7 Å². The van der Waals surface area contributed by atoms with Gasteiger partial charge in [-0.25, -0.2) is 18.9 Å². The number of rotatable bonds is 8. The molecule has 0 spiro atoms. The first-order chi connectivity index (χ1) is 17.0. The molecule has 186 valence electrons. The summed E-state index contributed by atoms with van der Waals surface area (Å²) in [7, 11) is 1.26. The Kier molecular flexibility index (Phi) is 6.82. The third kappa shape index (κ3) is 5.39. The normalized spacial score (nSPS) is 11.4. The highest BCUT2D eigenvalue weighted by Crippen LogP contribution is 2.38. The van der Waals surface area contributed by atoms with Crippen LogP contribution in [0.5, 0.6) is 0 Å². The van der Waals surface area contributed by atoms with Gasteiger partial charge in [0.15, 0.2) is 5.69 Å². The van der Waals surface area contributed by atoms with Gasteiger partial charge in [0.05, 0.1) is 36.7 Å². The summed E-state index contributed by atoms with van der Waals surface area (Å²) < 4.78 is 20.9. The highest BCUT2D eigenvalue weighted by molar-refractivity contribution is 7.19. The van der Waals surface area contributed by atoms with Crippen LogP contribution < -0.4 is 11.1 Å². The van der Waals surface area contributed by atoms with Crippen molar-refractivity contribution in [3.63, 3.8) is 0 Å². The van der Waals surface area contributed by atoms with Crippen molar-refractivity contribution < 1.29 is 23.8 Å². The molecule has 0 saturated heterocycles. The largest absolute Gasteiger partial charge is 0.464 e. The third-order valence-corrected chi connectivity index (χ3v) is 6.33. The molecule has 36 heavy (non-hydrogen) atoms. The van der Waals surface area contributed by atoms with Crippen molar-refractivity contribution in [1.82, 2.24) is 20.0 Å². The topological polar surface area (TPSA) is 145 Å². The number of carbonyl (C=O) groups excluding carboxylic acids is 2. The van der Waals surface area contributed by atoms with Gasteiger partial charge < -0.3 is 20.9 Å². The number of anilines is 2. The number of amides is 1. The van der Waals surface area contributed by atoms with Crippen molar-refractivity contribution in [2.75, 3.05) is 12.4 Å². The van der Waals surface area contributed by atoms with Gasteiger partial charge in [0.2, 0.25) is 0 Å². The van der Waals surface area contributed by atoms with E-state index >= 15 is 0 Å². The van der Waals surface area contributed by atoms with Crippen molar-refractivity contribution in [1.29, 1.82) is 0 Å². The van der Waals surface area contributed by atoms with Crippen LogP contribution in [0, 0.1) is 5.82 Å². The van der Waals surface area contributed by atoms with Gasteiger partial charge in [-0.15, -0.1) is 16.4 Å². The summed E-state index contributed by atoms with van der Waals surface area (Å²) in [6.07, 6.45) is 1.45. The molecule has 1 amide bonds. The maximum atomic E-state index is 14.9. The van der Waals surface area contributed by atoms with Gasteiger partial charge >= 0.3 is 5.97 Å². The molecule has 0 aliphatic rings. The Balaban J connectivity index is 1.59. The number of primary amides is 1. The molecule has 4 aromatic rings. The van der Waals surface area contributed by atoms with Gasteiger partial charge in [0.25, 0.3) is 5.91 Å². The number of hydrogen-bond acceptors (Lipinski definition) is 9. The zero-order valence-electron chi connectivity index (χ0n) is 19.7. The Morgan fingerprint density at radius 3 is 2.69 bits per heavy atom. The molecule has 0 fully saturated rings. The van der Waals surface area contributed by atoms with E-state index in [9.17, 15) is 19.1 Å². The molecule has 4 rings (SSSR count). The van der Waals surface area contributed by atoms with E-state index < -0.39 is 23.3 Å². The van der Waals surface area contributed by atoms with Gasteiger partial charge in [-0.1, -0.05) is 23.4 Å². The van der Waals surface area contributed by atoms with Crippen molar-refractivity contribution in [2.24, 2.45) is 5.73 Å². The van der Waals surface area contributed by atoms with Crippen LogP contribution in [0.3, 0.4) is 0 Å². The van der Waals surface area contributed by atoms with Crippen LogP contribution in [-0.4, -0.2) is 44.1 Å². The number of hydrogen-bond donors (Lipinski definition) is 3. The van der Waals surface area contributed by atoms with Crippen LogP contribution >= 0.6 is 11.3 Å². The summed E-state index contributed by atoms with van der Waals surface area (Å²) in [5.41, 5.74) is 5.96. The number of ether oxygens (including phenoxy) is 1. The number of nitrogens with two attached hydrogens (primary N) is 1. The fourth-order valence-electron chi connectivity index (χ4n) is 3.39. The first-order valence-corrected chi connectivity index (χ1v) is 11.5. The van der Waals surface area contributed by atoms with E-state index in [1.807, 2.05) is 0 Å². The van der Waals surface area contributed by atoms with Crippen molar-refractivity contribution in [3.8, 4) is 10.4 Å². The van der Waals surface area contributed by atoms with E-state index in [0.717, 1.165) is 11.3 Å². The molecule has 0 atom stereocenters. The number of aliphatic hydroxyl groups is 1. The van der Waals surface area contributed by atoms with Gasteiger partial charge in [0, 0.05) is 10.4 Å². The molecule has 0 radical (unpaired) electrons. The summed E-state index contributed by atoms with van der Waals surface area (Å²) in [5.74, 6) is -1.38. The Hall–Kier alpha value is -4.16. The van der Waals surface area contributed by atoms with Gasteiger partial charge in [0.1, 0.15) is 16.6 Å². The second kappa shape index (κ2) is 9.84. The lowest BCUT2D eigenvalue weighted by Gasteiger charge is -2.18. The molecule has 4 N–H and O–H groups in total. The van der Waals surface area contributed by atoms with E-state index in [2.05, 4.69) is 25.3 Å². The summed E-state index contributed by atoms with van der Waals surface area (Å²) in [4.78, 5) is 28.7. The Bertz CT molecular complexity index is 1440. The quantitative estimate of drug-likeness (QED) is 0.306. The highest BCUT2D eigenvalue weighted by atomic mass is 32.1. The lowest BCUT2D eigenvalue weighted by Crippen LogP contribution is -2.15. The van der Waals surface area contributed by atoms with Crippen LogP contribution in [0.1, 0.15) is 46.0 Å². The fraction of sp³-hybridized carbons (Fsp3) is 0.208. The maximum Gasteiger partial charge on any atom is 0.360 e. The molecule has 3 aromatic heterocycles. The van der Waals surface area contributed by atoms with Crippen molar-refractivity contribution in [2.45, 2.75) is 26.0 Å². The third-order valence-electron chi connectivity index (χ3n) is 5.24. The highest BCUT2D eigenvalue weighted by Gasteiger charge is 2.21. The van der Waals surface area contributed by atoms with Gasteiger partial charge in [-0.3, -0.25) is 4.79 Å². The second-order valence-corrected chi connectivity index (χ2v) is 9.46. The standard InChI is InChI=1S/C24H23FN6O4S/c1-24(2,34)13-7-8-15(17(25)9-13)19-10-16(21(26)32)22(36-19)28-20-6-4-5-14(27-20)11-31-12-18(29-30-31)23(33)35-3/h4-10,12,34H,11H2,1-3H3,(H2,26,32)(H,27,28). The van der Waals surface area contributed by atoms with Crippen molar-refractivity contribution in [3.05, 3.63) is 77.0 Å². The molecule has 12 heteroatoms. The Labute approximate surface area is 209 Å². The lowest BCUT2D eigenvalue weighted by atomic mass is 9.96.